The molecule has 1 atom stereocenters. The highest BCUT2D eigenvalue weighted by molar-refractivity contribution is 7.99. The Morgan fingerprint density at radius 1 is 1.14 bits per heavy atom. The first kappa shape index (κ1) is 20.4. The number of fused-ring (bicyclic) bond motifs is 1. The van der Waals surface area contributed by atoms with Crippen LogP contribution in [0, 0.1) is 13.8 Å². The van der Waals surface area contributed by atoms with Crippen molar-refractivity contribution in [2.75, 3.05) is 12.4 Å². The number of nitrogens with zero attached hydrogens (tertiary/aromatic N) is 2. The van der Waals surface area contributed by atoms with Gasteiger partial charge in [0.15, 0.2) is 5.16 Å². The zero-order valence-corrected chi connectivity index (χ0v) is 17.3. The van der Waals surface area contributed by atoms with Gasteiger partial charge in [-0.25, -0.2) is 4.98 Å². The number of aryl methyl sites for hydroxylation is 2. The van der Waals surface area contributed by atoms with E-state index in [1.54, 1.807) is 10.6 Å². The van der Waals surface area contributed by atoms with Crippen molar-refractivity contribution in [3.05, 3.63) is 63.9 Å². The number of aromatic nitrogens is 2. The summed E-state index contributed by atoms with van der Waals surface area (Å²) in [6, 6.07) is 13.3. The molecule has 0 saturated carbocycles. The molecule has 5 nitrogen and oxygen atoms in total. The zero-order chi connectivity index (χ0) is 20.1. The average molecular weight is 399 g/mol. The number of thioether (sulfide) groups is 1. The Kier molecular flexibility index (Phi) is 6.75. The highest BCUT2D eigenvalue weighted by atomic mass is 32.2. The van der Waals surface area contributed by atoms with Crippen molar-refractivity contribution in [2.45, 2.75) is 45.0 Å². The Bertz CT molecular complexity index is 996. The van der Waals surface area contributed by atoms with Crippen LogP contribution in [0.2, 0.25) is 0 Å². The number of para-hydroxylation sites is 2. The van der Waals surface area contributed by atoms with Gasteiger partial charge in [0.2, 0.25) is 0 Å². The van der Waals surface area contributed by atoms with Gasteiger partial charge in [-0.2, -0.15) is 0 Å². The summed E-state index contributed by atoms with van der Waals surface area (Å²) >= 11 is 1.39. The maximum absolute atomic E-state index is 12.8. The first-order valence-electron chi connectivity index (χ1n) is 9.50. The molecule has 0 radical (unpaired) electrons. The van der Waals surface area contributed by atoms with Crippen LogP contribution in [0.3, 0.4) is 0 Å². The fourth-order valence-corrected chi connectivity index (χ4v) is 4.03. The van der Waals surface area contributed by atoms with Gasteiger partial charge in [-0.3, -0.25) is 9.36 Å². The van der Waals surface area contributed by atoms with E-state index in [9.17, 15) is 9.90 Å². The first-order valence-corrected chi connectivity index (χ1v) is 10.5. The van der Waals surface area contributed by atoms with Crippen molar-refractivity contribution in [1.82, 2.24) is 9.55 Å². The van der Waals surface area contributed by atoms with Gasteiger partial charge < -0.3 is 9.84 Å². The van der Waals surface area contributed by atoms with Gasteiger partial charge in [-0.05, 0) is 43.5 Å². The first-order chi connectivity index (χ1) is 13.5. The Morgan fingerprint density at radius 3 is 2.57 bits per heavy atom. The van der Waals surface area contributed by atoms with E-state index in [1.807, 2.05) is 57.2 Å². The molecule has 1 aromatic heterocycles. The van der Waals surface area contributed by atoms with Crippen molar-refractivity contribution in [3.8, 4) is 5.75 Å². The molecule has 6 heteroatoms. The van der Waals surface area contributed by atoms with Crippen molar-refractivity contribution in [2.24, 2.45) is 0 Å². The van der Waals surface area contributed by atoms with E-state index >= 15 is 0 Å². The third-order valence-electron chi connectivity index (χ3n) is 4.51. The fraction of sp³-hybridized carbons (Fsp3) is 0.364. The van der Waals surface area contributed by atoms with E-state index in [-0.39, 0.29) is 12.2 Å². The van der Waals surface area contributed by atoms with E-state index in [2.05, 4.69) is 4.98 Å². The SMILES string of the molecule is CCCn1c(SC[C@@H](O)COc2c(C)cccc2C)nc2ccccc2c1=O. The van der Waals surface area contributed by atoms with E-state index in [0.29, 0.717) is 28.4 Å². The molecule has 3 aromatic rings. The third-order valence-corrected chi connectivity index (χ3v) is 5.63. The second-order valence-corrected chi connectivity index (χ2v) is 7.85. The minimum absolute atomic E-state index is 0.0313. The third kappa shape index (κ3) is 4.56. The monoisotopic (exact) mass is 398 g/mol. The molecule has 148 valence electrons. The minimum atomic E-state index is -0.664. The molecule has 0 aliphatic heterocycles. The Labute approximate surface area is 169 Å². The van der Waals surface area contributed by atoms with Gasteiger partial charge in [-0.15, -0.1) is 0 Å². The number of aliphatic hydroxyl groups is 1. The summed E-state index contributed by atoms with van der Waals surface area (Å²) in [5.41, 5.74) is 2.75. The second kappa shape index (κ2) is 9.26. The smallest absolute Gasteiger partial charge is 0.262 e. The molecule has 0 aliphatic carbocycles. The summed E-state index contributed by atoms with van der Waals surface area (Å²) in [7, 11) is 0. The Hall–Kier alpha value is -2.31. The fourth-order valence-electron chi connectivity index (χ4n) is 3.10. The van der Waals surface area contributed by atoms with Crippen molar-refractivity contribution >= 4 is 22.7 Å². The summed E-state index contributed by atoms with van der Waals surface area (Å²) in [4.78, 5) is 17.4. The molecule has 0 unspecified atom stereocenters. The van der Waals surface area contributed by atoms with Crippen LogP contribution >= 0.6 is 11.8 Å². The molecule has 0 fully saturated rings. The number of ether oxygens (including phenoxy) is 1. The van der Waals surface area contributed by atoms with Gasteiger partial charge in [0.1, 0.15) is 12.4 Å². The van der Waals surface area contributed by atoms with Crippen LogP contribution in [-0.2, 0) is 6.54 Å². The van der Waals surface area contributed by atoms with Crippen LogP contribution in [0.1, 0.15) is 24.5 Å². The molecule has 2 aromatic carbocycles. The quantitative estimate of drug-likeness (QED) is 0.460. The Balaban J connectivity index is 1.72. The maximum Gasteiger partial charge on any atom is 0.262 e. The molecule has 0 aliphatic rings. The molecule has 1 heterocycles. The summed E-state index contributed by atoms with van der Waals surface area (Å²) in [6.07, 6.45) is 0.175. The predicted molar refractivity (Wildman–Crippen MR) is 114 cm³/mol. The zero-order valence-electron chi connectivity index (χ0n) is 16.5. The summed E-state index contributed by atoms with van der Waals surface area (Å²) in [5.74, 6) is 1.22. The topological polar surface area (TPSA) is 64.3 Å². The lowest BCUT2D eigenvalue weighted by Crippen LogP contribution is -2.25. The van der Waals surface area contributed by atoms with Crippen LogP contribution in [0.4, 0.5) is 0 Å². The number of benzene rings is 2. The molecule has 0 bridgehead atoms. The highest BCUT2D eigenvalue weighted by Crippen LogP contribution is 2.23. The van der Waals surface area contributed by atoms with Gasteiger partial charge in [0.05, 0.1) is 17.0 Å². The molecule has 28 heavy (non-hydrogen) atoms. The standard InChI is InChI=1S/C22H26N2O3S/c1-4-12-24-21(26)18-10-5-6-11-19(18)23-22(24)28-14-17(25)13-27-20-15(2)8-7-9-16(20)3/h5-11,17,25H,4,12-14H2,1-3H3/t17-/m0/s1. The molecular weight excluding hydrogens is 372 g/mol. The maximum atomic E-state index is 12.8. The molecule has 1 N–H and O–H groups in total. The number of hydrogen-bond donors (Lipinski definition) is 1. The van der Waals surface area contributed by atoms with Gasteiger partial charge in [0.25, 0.3) is 5.56 Å². The number of aliphatic hydroxyl groups excluding tert-OH is 1. The largest absolute Gasteiger partial charge is 0.490 e. The summed E-state index contributed by atoms with van der Waals surface area (Å²) in [5, 5.41) is 11.7. The summed E-state index contributed by atoms with van der Waals surface area (Å²) in [6.45, 7) is 6.82. The van der Waals surface area contributed by atoms with Crippen molar-refractivity contribution < 1.29 is 9.84 Å². The molecule has 0 amide bonds. The van der Waals surface area contributed by atoms with Crippen LogP contribution in [0.25, 0.3) is 10.9 Å². The van der Waals surface area contributed by atoms with Crippen LogP contribution < -0.4 is 10.3 Å². The molecular formula is C22H26N2O3S. The minimum Gasteiger partial charge on any atom is -0.490 e. The average Bonchev–Trinajstić information content (AvgIpc) is 2.68. The summed E-state index contributed by atoms with van der Waals surface area (Å²) < 4.78 is 7.54. The lowest BCUT2D eigenvalue weighted by molar-refractivity contribution is 0.125. The second-order valence-electron chi connectivity index (χ2n) is 6.87. The lowest BCUT2D eigenvalue weighted by Gasteiger charge is -2.16. The number of rotatable bonds is 8. The van der Waals surface area contributed by atoms with Gasteiger partial charge in [0, 0.05) is 12.3 Å². The van der Waals surface area contributed by atoms with Gasteiger partial charge >= 0.3 is 0 Å². The van der Waals surface area contributed by atoms with E-state index in [1.165, 1.54) is 11.8 Å². The van der Waals surface area contributed by atoms with Crippen molar-refractivity contribution in [1.29, 1.82) is 0 Å². The Morgan fingerprint density at radius 2 is 1.86 bits per heavy atom. The number of hydrogen-bond acceptors (Lipinski definition) is 5. The predicted octanol–water partition coefficient (Wildman–Crippen LogP) is 3.96. The van der Waals surface area contributed by atoms with E-state index in [0.717, 1.165) is 23.3 Å². The van der Waals surface area contributed by atoms with E-state index in [4.69, 9.17) is 4.74 Å². The van der Waals surface area contributed by atoms with Crippen LogP contribution in [-0.4, -0.2) is 33.1 Å². The normalized spacial score (nSPS) is 12.3. The van der Waals surface area contributed by atoms with Crippen molar-refractivity contribution in [3.63, 3.8) is 0 Å². The molecule has 0 saturated heterocycles. The molecule has 3 rings (SSSR count). The highest BCUT2D eigenvalue weighted by Gasteiger charge is 2.14. The van der Waals surface area contributed by atoms with Gasteiger partial charge in [-0.1, -0.05) is 49.0 Å². The molecule has 0 spiro atoms. The van der Waals surface area contributed by atoms with Crippen LogP contribution in [0.15, 0.2) is 52.4 Å². The lowest BCUT2D eigenvalue weighted by atomic mass is 10.1. The van der Waals surface area contributed by atoms with Crippen LogP contribution in [0.5, 0.6) is 5.75 Å². The van der Waals surface area contributed by atoms with E-state index < -0.39 is 6.10 Å².